The van der Waals surface area contributed by atoms with Gasteiger partial charge in [-0.15, -0.1) is 0 Å². The molecule has 2 rings (SSSR count). The number of benzene rings is 2. The molecule has 0 aromatic heterocycles. The predicted octanol–water partition coefficient (Wildman–Crippen LogP) is 1.92. The molecule has 2 aromatic carbocycles. The number of carboxylic acid groups (broad SMARTS) is 1. The van der Waals surface area contributed by atoms with Gasteiger partial charge in [0.2, 0.25) is 0 Å². The molecule has 0 aliphatic rings. The quantitative estimate of drug-likeness (QED) is 0.323. The molecular formula is C18H11ClN3O6-. The zero-order valence-electron chi connectivity index (χ0n) is 14.0. The number of anilines is 1. The number of aliphatic carboxylic acids is 1. The summed E-state index contributed by atoms with van der Waals surface area (Å²) in [5, 5.41) is 32.8. The fourth-order valence-corrected chi connectivity index (χ4v) is 2.23. The average molecular weight is 401 g/mol. The third kappa shape index (κ3) is 5.55. The molecule has 0 atom stereocenters. The van der Waals surface area contributed by atoms with Crippen LogP contribution in [0.2, 0.25) is 5.02 Å². The van der Waals surface area contributed by atoms with Gasteiger partial charge in [0.25, 0.3) is 11.6 Å². The standard InChI is InChI=1S/C18H12ClN3O6/c19-15-6-3-13(8-16(15)22(26)27)21-18(25)12(9-20)7-11-1-4-14(5-2-11)28-10-17(23)24/h1-8H,10H2,(H,21,25)(H,23,24)/p-1/b12-7+. The molecule has 0 unspecified atom stereocenters. The van der Waals surface area contributed by atoms with Crippen LogP contribution in [0.4, 0.5) is 11.4 Å². The number of carbonyl (C=O) groups excluding carboxylic acids is 2. The topological polar surface area (TPSA) is 145 Å². The first-order valence-electron chi connectivity index (χ1n) is 7.60. The van der Waals surface area contributed by atoms with Crippen LogP contribution in [0.25, 0.3) is 6.08 Å². The van der Waals surface area contributed by atoms with Gasteiger partial charge in [-0.25, -0.2) is 0 Å². The minimum absolute atomic E-state index is 0.0833. The molecule has 2 aromatic rings. The highest BCUT2D eigenvalue weighted by molar-refractivity contribution is 6.32. The Labute approximate surface area is 163 Å². The summed E-state index contributed by atoms with van der Waals surface area (Å²) < 4.78 is 4.93. The lowest BCUT2D eigenvalue weighted by molar-refractivity contribution is -0.384. The first kappa shape index (κ1) is 20.4. The fourth-order valence-electron chi connectivity index (χ4n) is 2.05. The number of rotatable bonds is 7. The summed E-state index contributed by atoms with van der Waals surface area (Å²) in [6, 6.07) is 11.4. The Balaban J connectivity index is 2.15. The summed E-state index contributed by atoms with van der Waals surface area (Å²) in [4.78, 5) is 32.8. The number of ether oxygens (including phenoxy) is 1. The van der Waals surface area contributed by atoms with Gasteiger partial charge in [-0.1, -0.05) is 23.7 Å². The van der Waals surface area contributed by atoms with Crippen LogP contribution in [0.15, 0.2) is 48.0 Å². The number of nitro benzene ring substituents is 1. The Morgan fingerprint density at radius 3 is 2.50 bits per heavy atom. The zero-order chi connectivity index (χ0) is 20.7. The summed E-state index contributed by atoms with van der Waals surface area (Å²) >= 11 is 5.71. The van der Waals surface area contributed by atoms with E-state index in [0.717, 1.165) is 6.07 Å². The van der Waals surface area contributed by atoms with E-state index in [2.05, 4.69) is 5.32 Å². The summed E-state index contributed by atoms with van der Waals surface area (Å²) in [6.45, 7) is -0.603. The first-order chi connectivity index (χ1) is 13.3. The Morgan fingerprint density at radius 2 is 1.93 bits per heavy atom. The number of carbonyl (C=O) groups is 2. The van der Waals surface area contributed by atoms with Gasteiger partial charge in [-0.05, 0) is 35.9 Å². The smallest absolute Gasteiger partial charge is 0.289 e. The van der Waals surface area contributed by atoms with Crippen LogP contribution >= 0.6 is 11.6 Å². The molecule has 9 nitrogen and oxygen atoms in total. The molecular weight excluding hydrogens is 390 g/mol. The van der Waals surface area contributed by atoms with E-state index in [1.165, 1.54) is 42.5 Å². The molecule has 1 amide bonds. The van der Waals surface area contributed by atoms with Crippen molar-refractivity contribution >= 4 is 40.9 Å². The van der Waals surface area contributed by atoms with Crippen molar-refractivity contribution in [3.8, 4) is 11.8 Å². The number of carboxylic acids is 1. The molecule has 0 fully saturated rings. The number of nitro groups is 1. The minimum Gasteiger partial charge on any atom is -0.546 e. The molecule has 28 heavy (non-hydrogen) atoms. The molecule has 0 saturated carbocycles. The summed E-state index contributed by atoms with van der Waals surface area (Å²) in [7, 11) is 0. The van der Waals surface area contributed by atoms with Gasteiger partial charge >= 0.3 is 0 Å². The largest absolute Gasteiger partial charge is 0.546 e. The molecule has 10 heteroatoms. The Kier molecular flexibility index (Phi) is 6.68. The Hall–Kier alpha value is -3.90. The van der Waals surface area contributed by atoms with E-state index in [0.29, 0.717) is 5.56 Å². The fraction of sp³-hybridized carbons (Fsp3) is 0.0556. The number of nitrogens with one attached hydrogen (secondary N) is 1. The van der Waals surface area contributed by atoms with Gasteiger partial charge in [0.05, 0.1) is 10.9 Å². The van der Waals surface area contributed by atoms with Gasteiger partial charge in [0.15, 0.2) is 0 Å². The van der Waals surface area contributed by atoms with Crippen molar-refractivity contribution in [3.63, 3.8) is 0 Å². The molecule has 0 radical (unpaired) electrons. The van der Waals surface area contributed by atoms with Crippen LogP contribution in [0.3, 0.4) is 0 Å². The highest BCUT2D eigenvalue weighted by Crippen LogP contribution is 2.27. The second-order valence-corrected chi connectivity index (χ2v) is 5.68. The predicted molar refractivity (Wildman–Crippen MR) is 97.3 cm³/mol. The second kappa shape index (κ2) is 9.16. The highest BCUT2D eigenvalue weighted by atomic mass is 35.5. The highest BCUT2D eigenvalue weighted by Gasteiger charge is 2.15. The minimum atomic E-state index is -1.37. The normalized spacial score (nSPS) is 10.6. The number of amides is 1. The summed E-state index contributed by atoms with van der Waals surface area (Å²) in [6.07, 6.45) is 1.29. The lowest BCUT2D eigenvalue weighted by Gasteiger charge is -2.07. The van der Waals surface area contributed by atoms with Gasteiger partial charge in [-0.3, -0.25) is 14.9 Å². The van der Waals surface area contributed by atoms with Gasteiger partial charge < -0.3 is 20.0 Å². The van der Waals surface area contributed by atoms with Crippen molar-refractivity contribution < 1.29 is 24.4 Å². The molecule has 0 spiro atoms. The van der Waals surface area contributed by atoms with Gasteiger partial charge in [0.1, 0.15) is 29.0 Å². The maximum absolute atomic E-state index is 12.3. The molecule has 142 valence electrons. The number of hydrogen-bond donors (Lipinski definition) is 1. The Bertz CT molecular complexity index is 995. The molecule has 0 aliphatic heterocycles. The van der Waals surface area contributed by atoms with E-state index in [1.54, 1.807) is 6.07 Å². The lowest BCUT2D eigenvalue weighted by atomic mass is 10.1. The number of hydrogen-bond acceptors (Lipinski definition) is 7. The third-order valence-electron chi connectivity index (χ3n) is 3.31. The van der Waals surface area contributed by atoms with Crippen LogP contribution < -0.4 is 15.2 Å². The van der Waals surface area contributed by atoms with E-state index in [-0.39, 0.29) is 27.7 Å². The SMILES string of the molecule is N#C/C(=C\c1ccc(OCC(=O)[O-])cc1)C(=O)Nc1ccc(Cl)c([N+](=O)[O-])c1. The van der Waals surface area contributed by atoms with Crippen LogP contribution in [-0.4, -0.2) is 23.4 Å². The maximum Gasteiger partial charge on any atom is 0.289 e. The van der Waals surface area contributed by atoms with Crippen LogP contribution in [0, 0.1) is 21.4 Å². The lowest BCUT2D eigenvalue weighted by Crippen LogP contribution is -2.28. The Morgan fingerprint density at radius 1 is 1.25 bits per heavy atom. The van der Waals surface area contributed by atoms with E-state index in [4.69, 9.17) is 16.3 Å². The van der Waals surface area contributed by atoms with Crippen LogP contribution in [0.5, 0.6) is 5.75 Å². The molecule has 0 aliphatic carbocycles. The molecule has 0 saturated heterocycles. The van der Waals surface area contributed by atoms with Gasteiger partial charge in [0, 0.05) is 11.8 Å². The summed E-state index contributed by atoms with van der Waals surface area (Å²) in [5.74, 6) is -1.86. The number of halogens is 1. The van der Waals surface area contributed by atoms with Crippen molar-refractivity contribution in [2.45, 2.75) is 0 Å². The second-order valence-electron chi connectivity index (χ2n) is 5.28. The first-order valence-corrected chi connectivity index (χ1v) is 7.97. The molecule has 0 heterocycles. The monoisotopic (exact) mass is 400 g/mol. The van der Waals surface area contributed by atoms with Crippen molar-refractivity contribution in [2.24, 2.45) is 0 Å². The summed E-state index contributed by atoms with van der Waals surface area (Å²) in [5.41, 5.74) is -0.0435. The third-order valence-corrected chi connectivity index (χ3v) is 3.63. The van der Waals surface area contributed by atoms with Crippen molar-refractivity contribution in [3.05, 3.63) is 68.7 Å². The van der Waals surface area contributed by atoms with E-state index in [1.807, 2.05) is 0 Å². The van der Waals surface area contributed by atoms with Crippen molar-refractivity contribution in [1.29, 1.82) is 5.26 Å². The molecule has 1 N–H and O–H groups in total. The van der Waals surface area contributed by atoms with Crippen LogP contribution in [-0.2, 0) is 9.59 Å². The average Bonchev–Trinajstić information content (AvgIpc) is 2.66. The maximum atomic E-state index is 12.3. The number of nitrogens with zero attached hydrogens (tertiary/aromatic N) is 2. The van der Waals surface area contributed by atoms with E-state index >= 15 is 0 Å². The number of nitriles is 1. The van der Waals surface area contributed by atoms with E-state index in [9.17, 15) is 30.1 Å². The van der Waals surface area contributed by atoms with Gasteiger partial charge in [-0.2, -0.15) is 5.26 Å². The van der Waals surface area contributed by atoms with Crippen molar-refractivity contribution in [2.75, 3.05) is 11.9 Å². The molecule has 0 bridgehead atoms. The van der Waals surface area contributed by atoms with E-state index < -0.39 is 23.4 Å². The van der Waals surface area contributed by atoms with Crippen molar-refractivity contribution in [1.82, 2.24) is 0 Å². The van der Waals surface area contributed by atoms with Crippen LogP contribution in [0.1, 0.15) is 5.56 Å². The zero-order valence-corrected chi connectivity index (χ0v) is 14.8.